The van der Waals surface area contributed by atoms with E-state index in [0.717, 1.165) is 35.4 Å². The molecule has 2 heterocycles. The van der Waals surface area contributed by atoms with Crippen molar-refractivity contribution in [3.05, 3.63) is 39.9 Å². The summed E-state index contributed by atoms with van der Waals surface area (Å²) in [5.41, 5.74) is 2.68. The minimum Gasteiger partial charge on any atom is -0.459 e. The number of carbonyl (C=O) groups is 3. The van der Waals surface area contributed by atoms with E-state index in [1.165, 1.54) is 0 Å². The van der Waals surface area contributed by atoms with Crippen LogP contribution in [0.1, 0.15) is 58.0 Å². The Morgan fingerprint density at radius 3 is 2.81 bits per heavy atom. The maximum atomic E-state index is 12.6. The summed E-state index contributed by atoms with van der Waals surface area (Å²) in [5, 5.41) is 5.92. The second-order valence-electron chi connectivity index (χ2n) is 6.62. The Kier molecular flexibility index (Phi) is 5.55. The van der Waals surface area contributed by atoms with Crippen molar-refractivity contribution in [3.8, 4) is 0 Å². The van der Waals surface area contributed by atoms with Crippen LogP contribution in [0.5, 0.6) is 0 Å². The van der Waals surface area contributed by atoms with Gasteiger partial charge in [-0.05, 0) is 57.4 Å². The monoisotopic (exact) mass is 387 g/mol. The number of anilines is 2. The van der Waals surface area contributed by atoms with Crippen molar-refractivity contribution < 1.29 is 19.1 Å². The first-order valence-electron chi connectivity index (χ1n) is 8.76. The number of benzene rings is 1. The van der Waals surface area contributed by atoms with E-state index in [9.17, 15) is 14.4 Å². The molecule has 2 aromatic rings. The number of fused-ring (bicyclic) bond motifs is 1. The molecule has 2 amide bonds. The molecule has 3 rings (SSSR count). The number of hydrogen-bond acceptors (Lipinski definition) is 6. The SMILES string of the molecule is Cc1nc(NC(=O)c2ccc3c(c2)CCCC(=O)N3)sc1C(=O)OC(C)C. The molecule has 142 valence electrons. The maximum absolute atomic E-state index is 12.6. The number of hydrogen-bond donors (Lipinski definition) is 2. The third-order valence-corrected chi connectivity index (χ3v) is 5.09. The van der Waals surface area contributed by atoms with Crippen LogP contribution in [0.15, 0.2) is 18.2 Å². The van der Waals surface area contributed by atoms with Gasteiger partial charge in [0.05, 0.1) is 11.8 Å². The number of esters is 1. The van der Waals surface area contributed by atoms with Crippen molar-refractivity contribution in [2.75, 3.05) is 10.6 Å². The van der Waals surface area contributed by atoms with Gasteiger partial charge in [0, 0.05) is 17.7 Å². The summed E-state index contributed by atoms with van der Waals surface area (Å²) in [4.78, 5) is 40.9. The van der Waals surface area contributed by atoms with Crippen LogP contribution < -0.4 is 10.6 Å². The fraction of sp³-hybridized carbons (Fsp3) is 0.368. The van der Waals surface area contributed by atoms with Crippen molar-refractivity contribution in [1.82, 2.24) is 4.98 Å². The van der Waals surface area contributed by atoms with Gasteiger partial charge in [-0.3, -0.25) is 14.9 Å². The fourth-order valence-corrected chi connectivity index (χ4v) is 3.64. The second kappa shape index (κ2) is 7.87. The number of rotatable bonds is 4. The molecule has 1 aliphatic rings. The van der Waals surface area contributed by atoms with Gasteiger partial charge in [-0.1, -0.05) is 11.3 Å². The summed E-state index contributed by atoms with van der Waals surface area (Å²) in [6.07, 6.45) is 1.73. The highest BCUT2D eigenvalue weighted by molar-refractivity contribution is 7.17. The van der Waals surface area contributed by atoms with E-state index in [1.807, 2.05) is 0 Å². The van der Waals surface area contributed by atoms with E-state index in [1.54, 1.807) is 39.0 Å². The van der Waals surface area contributed by atoms with Crippen LogP contribution in [-0.4, -0.2) is 28.9 Å². The number of thiazole rings is 1. The lowest BCUT2D eigenvalue weighted by Crippen LogP contribution is -2.13. The summed E-state index contributed by atoms with van der Waals surface area (Å²) < 4.78 is 5.19. The first kappa shape index (κ1) is 19.0. The van der Waals surface area contributed by atoms with Crippen molar-refractivity contribution in [1.29, 1.82) is 0 Å². The molecule has 2 N–H and O–H groups in total. The minimum atomic E-state index is -0.443. The molecule has 0 saturated carbocycles. The number of aryl methyl sites for hydroxylation is 2. The maximum Gasteiger partial charge on any atom is 0.350 e. The molecule has 0 saturated heterocycles. The lowest BCUT2D eigenvalue weighted by Gasteiger charge is -2.09. The summed E-state index contributed by atoms with van der Waals surface area (Å²) in [6.45, 7) is 5.25. The molecule has 1 aromatic heterocycles. The summed E-state index contributed by atoms with van der Waals surface area (Å²) in [7, 11) is 0. The molecule has 0 bridgehead atoms. The Hall–Kier alpha value is -2.74. The normalized spacial score (nSPS) is 13.6. The van der Waals surface area contributed by atoms with Crippen LogP contribution in [0.4, 0.5) is 10.8 Å². The quantitative estimate of drug-likeness (QED) is 0.782. The lowest BCUT2D eigenvalue weighted by molar-refractivity contribution is -0.116. The van der Waals surface area contributed by atoms with Gasteiger partial charge in [-0.25, -0.2) is 9.78 Å². The zero-order valence-electron chi connectivity index (χ0n) is 15.4. The zero-order valence-corrected chi connectivity index (χ0v) is 16.2. The number of nitrogens with zero attached hydrogens (tertiary/aromatic N) is 1. The van der Waals surface area contributed by atoms with Gasteiger partial charge in [0.25, 0.3) is 5.91 Å². The minimum absolute atomic E-state index is 0.00924. The van der Waals surface area contributed by atoms with E-state index >= 15 is 0 Å². The number of ether oxygens (including phenoxy) is 1. The Bertz CT molecular complexity index is 904. The Labute approximate surface area is 161 Å². The van der Waals surface area contributed by atoms with E-state index in [-0.39, 0.29) is 17.9 Å². The summed E-state index contributed by atoms with van der Waals surface area (Å²) >= 11 is 1.09. The Morgan fingerprint density at radius 2 is 2.07 bits per heavy atom. The number of carbonyl (C=O) groups excluding carboxylic acids is 3. The molecule has 27 heavy (non-hydrogen) atoms. The number of nitrogens with one attached hydrogen (secondary N) is 2. The van der Waals surface area contributed by atoms with Gasteiger partial charge >= 0.3 is 5.97 Å². The van der Waals surface area contributed by atoms with Crippen LogP contribution in [0.2, 0.25) is 0 Å². The molecule has 0 radical (unpaired) electrons. The molecule has 7 nitrogen and oxygen atoms in total. The molecule has 0 aliphatic carbocycles. The van der Waals surface area contributed by atoms with Gasteiger partial charge in [0.15, 0.2) is 5.13 Å². The van der Waals surface area contributed by atoms with Gasteiger partial charge in [-0.2, -0.15) is 0 Å². The third kappa shape index (κ3) is 4.51. The first-order valence-corrected chi connectivity index (χ1v) is 9.57. The molecular formula is C19H21N3O4S. The van der Waals surface area contributed by atoms with Gasteiger partial charge in [0.2, 0.25) is 5.91 Å². The van der Waals surface area contributed by atoms with Gasteiger partial charge < -0.3 is 10.1 Å². The van der Waals surface area contributed by atoms with Crippen molar-refractivity contribution >= 4 is 39.9 Å². The predicted molar refractivity (Wildman–Crippen MR) is 103 cm³/mol. The topological polar surface area (TPSA) is 97.4 Å². The van der Waals surface area contributed by atoms with Gasteiger partial charge in [0.1, 0.15) is 4.88 Å². The lowest BCUT2D eigenvalue weighted by atomic mass is 10.0. The standard InChI is InChI=1S/C19H21N3O4S/c1-10(2)26-18(25)16-11(3)20-19(27-16)22-17(24)13-7-8-14-12(9-13)5-4-6-15(23)21-14/h7-10H,4-6H2,1-3H3,(H,21,23)(H,20,22,24). The molecule has 0 unspecified atom stereocenters. The van der Waals surface area contributed by atoms with Gasteiger partial charge in [-0.15, -0.1) is 0 Å². The highest BCUT2D eigenvalue weighted by atomic mass is 32.1. The molecule has 1 aromatic carbocycles. The Morgan fingerprint density at radius 1 is 1.30 bits per heavy atom. The van der Waals surface area contributed by atoms with Crippen molar-refractivity contribution in [2.45, 2.75) is 46.1 Å². The molecular weight excluding hydrogens is 366 g/mol. The highest BCUT2D eigenvalue weighted by Crippen LogP contribution is 2.26. The van der Waals surface area contributed by atoms with E-state index in [4.69, 9.17) is 4.74 Å². The fourth-order valence-electron chi connectivity index (χ4n) is 2.79. The number of aromatic nitrogens is 1. The molecule has 1 aliphatic heterocycles. The van der Waals surface area contributed by atoms with Crippen LogP contribution in [0.3, 0.4) is 0 Å². The summed E-state index contributed by atoms with van der Waals surface area (Å²) in [5.74, 6) is -0.766. The molecule has 0 spiro atoms. The van der Waals surface area contributed by atoms with Crippen molar-refractivity contribution in [2.24, 2.45) is 0 Å². The van der Waals surface area contributed by atoms with E-state index in [0.29, 0.717) is 27.7 Å². The second-order valence-corrected chi connectivity index (χ2v) is 7.61. The Balaban J connectivity index is 1.75. The molecule has 8 heteroatoms. The molecule has 0 fully saturated rings. The third-order valence-electron chi connectivity index (χ3n) is 4.04. The first-order chi connectivity index (χ1) is 12.8. The molecule has 0 atom stereocenters. The van der Waals surface area contributed by atoms with Crippen LogP contribution in [-0.2, 0) is 16.0 Å². The van der Waals surface area contributed by atoms with Crippen LogP contribution >= 0.6 is 11.3 Å². The van der Waals surface area contributed by atoms with E-state index < -0.39 is 5.97 Å². The largest absolute Gasteiger partial charge is 0.459 e. The summed E-state index contributed by atoms with van der Waals surface area (Å²) in [6, 6.07) is 5.19. The number of amides is 2. The average Bonchev–Trinajstić information content (AvgIpc) is 2.84. The average molecular weight is 387 g/mol. The van der Waals surface area contributed by atoms with Crippen LogP contribution in [0, 0.1) is 6.92 Å². The smallest absolute Gasteiger partial charge is 0.350 e. The van der Waals surface area contributed by atoms with E-state index in [2.05, 4.69) is 15.6 Å². The predicted octanol–water partition coefficient (Wildman–Crippen LogP) is 3.54. The highest BCUT2D eigenvalue weighted by Gasteiger charge is 2.20. The zero-order chi connectivity index (χ0) is 19.6. The van der Waals surface area contributed by atoms with Crippen LogP contribution in [0.25, 0.3) is 0 Å². The van der Waals surface area contributed by atoms with Crippen molar-refractivity contribution in [3.63, 3.8) is 0 Å².